The molecule has 5 nitrogen and oxygen atoms in total. The molecule has 0 aromatic heterocycles. The largest absolute Gasteiger partial charge is 0.481 e. The monoisotopic (exact) mass is 530 g/mol. The van der Waals surface area contributed by atoms with Crippen molar-refractivity contribution in [2.75, 3.05) is 0 Å². The lowest BCUT2D eigenvalue weighted by Crippen LogP contribution is -2.35. The van der Waals surface area contributed by atoms with Gasteiger partial charge in [-0.05, 0) is 73.8 Å². The molecule has 0 saturated heterocycles. The number of carboxylic acid groups (broad SMARTS) is 1. The Morgan fingerprint density at radius 2 is 1.79 bits per heavy atom. The summed E-state index contributed by atoms with van der Waals surface area (Å²) in [5.41, 5.74) is 1.63. The van der Waals surface area contributed by atoms with Crippen LogP contribution in [0.1, 0.15) is 106 Å². The van der Waals surface area contributed by atoms with Crippen molar-refractivity contribution < 1.29 is 24.2 Å². The van der Waals surface area contributed by atoms with Crippen LogP contribution in [0.25, 0.3) is 0 Å². The summed E-state index contributed by atoms with van der Waals surface area (Å²) in [7, 11) is 0. The number of Topliss-reactive ketones (excluding diaryl/α,β-unsaturated/α-hetero) is 1. The second-order valence-electron chi connectivity index (χ2n) is 11.9. The molecule has 1 heterocycles. The highest BCUT2D eigenvalue weighted by Crippen LogP contribution is 2.42. The van der Waals surface area contributed by atoms with Gasteiger partial charge in [0.05, 0.1) is 18.1 Å². The van der Waals surface area contributed by atoms with Gasteiger partial charge in [0.2, 0.25) is 0 Å². The molecule has 9 atom stereocenters. The van der Waals surface area contributed by atoms with Crippen LogP contribution < -0.4 is 0 Å². The maximum Gasteiger partial charge on any atom is 0.306 e. The van der Waals surface area contributed by atoms with Gasteiger partial charge in [-0.25, -0.2) is 0 Å². The quantitative estimate of drug-likeness (QED) is 0.351. The predicted octanol–water partition coefficient (Wildman–Crippen LogP) is 8.15. The number of allylic oxidation sites excluding steroid dienone is 4. The van der Waals surface area contributed by atoms with E-state index in [4.69, 9.17) is 14.6 Å². The highest BCUT2D eigenvalue weighted by atomic mass is 16.7. The van der Waals surface area contributed by atoms with Gasteiger partial charge >= 0.3 is 5.97 Å². The number of carboxylic acids is 1. The Hall–Kier alpha value is -1.72. The molecule has 1 aliphatic heterocycles. The number of ketones is 1. The Morgan fingerprint density at radius 3 is 2.37 bits per heavy atom. The van der Waals surface area contributed by atoms with E-state index in [1.165, 1.54) is 19.3 Å². The lowest BCUT2D eigenvalue weighted by Gasteiger charge is -2.38. The summed E-state index contributed by atoms with van der Waals surface area (Å²) < 4.78 is 11.7. The van der Waals surface area contributed by atoms with Crippen LogP contribution in [0.3, 0.4) is 0 Å². The molecule has 0 amide bonds. The van der Waals surface area contributed by atoms with Crippen molar-refractivity contribution in [2.45, 2.75) is 125 Å². The number of fused-ring (bicyclic) bond motifs is 1. The summed E-state index contributed by atoms with van der Waals surface area (Å²) in [6, 6.07) is 0. The normalized spacial score (nSPS) is 35.0. The van der Waals surface area contributed by atoms with Crippen molar-refractivity contribution in [3.05, 3.63) is 36.0 Å². The summed E-state index contributed by atoms with van der Waals surface area (Å²) in [5.74, 6) is 3.25. The molecule has 38 heavy (non-hydrogen) atoms. The number of carbonyl (C=O) groups excluding carboxylic acids is 1. The van der Waals surface area contributed by atoms with E-state index in [1.54, 1.807) is 12.5 Å². The minimum absolute atomic E-state index is 0.0526. The average Bonchev–Trinajstić information content (AvgIpc) is 2.90. The SMILES string of the molecule is CCC(C)C(=O)O.CCC1C(C)C=CC2=C[C@H](C)CCC21.CCC1O[C@H](OC2CCCC(=O)C2)C=C[C@@H]1C. The molecular formula is C33H54O5. The molecule has 0 radical (unpaired) electrons. The van der Waals surface area contributed by atoms with E-state index in [0.717, 1.165) is 55.8 Å². The average molecular weight is 531 g/mol. The Kier molecular flexibility index (Phi) is 14.0. The molecule has 5 heteroatoms. The minimum Gasteiger partial charge on any atom is -0.481 e. The number of aliphatic carboxylic acids is 1. The Balaban J connectivity index is 0.000000218. The number of ether oxygens (including phenoxy) is 2. The van der Waals surface area contributed by atoms with E-state index in [1.807, 2.05) is 13.0 Å². The van der Waals surface area contributed by atoms with Gasteiger partial charge in [0.25, 0.3) is 0 Å². The van der Waals surface area contributed by atoms with Gasteiger partial charge in [-0.15, -0.1) is 0 Å². The third-order valence-corrected chi connectivity index (χ3v) is 8.76. The van der Waals surface area contributed by atoms with Crippen molar-refractivity contribution in [3.8, 4) is 0 Å². The maximum absolute atomic E-state index is 11.3. The lowest BCUT2D eigenvalue weighted by atomic mass is 9.67. The number of hydrogen-bond acceptors (Lipinski definition) is 4. The fraction of sp³-hybridized carbons (Fsp3) is 0.758. The van der Waals surface area contributed by atoms with Gasteiger partial charge in [-0.3, -0.25) is 9.59 Å². The molecule has 1 saturated carbocycles. The van der Waals surface area contributed by atoms with Gasteiger partial charge in [0.1, 0.15) is 5.78 Å². The van der Waals surface area contributed by atoms with E-state index in [9.17, 15) is 9.59 Å². The molecule has 0 aromatic rings. The molecule has 4 aliphatic rings. The fourth-order valence-electron chi connectivity index (χ4n) is 5.96. The highest BCUT2D eigenvalue weighted by Gasteiger charge is 2.31. The van der Waals surface area contributed by atoms with Crippen LogP contribution in [0.2, 0.25) is 0 Å². The summed E-state index contributed by atoms with van der Waals surface area (Å²) in [5, 5.41) is 8.18. The predicted molar refractivity (Wildman–Crippen MR) is 155 cm³/mol. The Labute approximate surface area is 232 Å². The number of hydrogen-bond donors (Lipinski definition) is 1. The summed E-state index contributed by atoms with van der Waals surface area (Å²) in [4.78, 5) is 21.3. The second-order valence-corrected chi connectivity index (χ2v) is 11.9. The van der Waals surface area contributed by atoms with Crippen molar-refractivity contribution in [2.24, 2.45) is 35.5 Å². The topological polar surface area (TPSA) is 72.8 Å². The van der Waals surface area contributed by atoms with Crippen molar-refractivity contribution in [1.82, 2.24) is 0 Å². The van der Waals surface area contributed by atoms with Crippen LogP contribution >= 0.6 is 0 Å². The molecule has 0 aromatic carbocycles. The Morgan fingerprint density at radius 1 is 1.05 bits per heavy atom. The minimum atomic E-state index is -0.706. The fourth-order valence-corrected chi connectivity index (χ4v) is 5.96. The van der Waals surface area contributed by atoms with Gasteiger partial charge in [0, 0.05) is 18.8 Å². The summed E-state index contributed by atoms with van der Waals surface area (Å²) in [6.07, 6.45) is 20.5. The zero-order chi connectivity index (χ0) is 28.2. The zero-order valence-corrected chi connectivity index (χ0v) is 25.0. The van der Waals surface area contributed by atoms with Gasteiger partial charge in [-0.2, -0.15) is 0 Å². The first-order chi connectivity index (χ1) is 18.1. The first-order valence-electron chi connectivity index (χ1n) is 15.2. The smallest absolute Gasteiger partial charge is 0.306 e. The second kappa shape index (κ2) is 16.4. The number of rotatable bonds is 6. The molecule has 4 rings (SSSR count). The summed E-state index contributed by atoms with van der Waals surface area (Å²) >= 11 is 0. The maximum atomic E-state index is 11.3. The van der Waals surface area contributed by atoms with E-state index in [0.29, 0.717) is 18.1 Å². The van der Waals surface area contributed by atoms with Crippen molar-refractivity contribution in [1.29, 1.82) is 0 Å². The molecule has 1 N–H and O–H groups in total. The van der Waals surface area contributed by atoms with Crippen LogP contribution in [0.5, 0.6) is 0 Å². The highest BCUT2D eigenvalue weighted by molar-refractivity contribution is 5.79. The van der Waals surface area contributed by atoms with Gasteiger partial charge in [-0.1, -0.05) is 79.2 Å². The number of carbonyl (C=O) groups is 2. The van der Waals surface area contributed by atoms with E-state index in [2.05, 4.69) is 58.9 Å². The van der Waals surface area contributed by atoms with Crippen molar-refractivity contribution in [3.63, 3.8) is 0 Å². The lowest BCUT2D eigenvalue weighted by molar-refractivity contribution is -0.186. The first kappa shape index (κ1) is 32.5. The Bertz CT molecular complexity index is 827. The van der Waals surface area contributed by atoms with Crippen LogP contribution in [0, 0.1) is 35.5 Å². The third-order valence-electron chi connectivity index (χ3n) is 8.76. The van der Waals surface area contributed by atoms with Gasteiger partial charge < -0.3 is 14.6 Å². The molecule has 0 bridgehead atoms. The third kappa shape index (κ3) is 10.1. The van der Waals surface area contributed by atoms with Crippen molar-refractivity contribution >= 4 is 11.8 Å². The van der Waals surface area contributed by atoms with Crippen LogP contribution in [0.4, 0.5) is 0 Å². The molecule has 0 spiro atoms. The molecule has 3 aliphatic carbocycles. The molecular weight excluding hydrogens is 476 g/mol. The molecule has 1 fully saturated rings. The standard InChI is InChI=1S/C14H22O3.C14H22.C5H10O2/c1-3-13-10(2)7-8-14(17-13)16-12-6-4-5-11(15)9-12;1-4-13-11(3)6-7-12-9-10(2)5-8-14(12)13;1-3-4(2)5(6)7/h7-8,10,12-14H,3-6,9H2,1-2H3;6-7,9-11,13-14H,4-5,8H2,1-3H3;4H,3H2,1-2H3,(H,6,7)/t10-,12?,13?,14-;10-,11?,13?,14?;/m01./s1. The molecule has 216 valence electrons. The van der Waals surface area contributed by atoms with Gasteiger partial charge in [0.15, 0.2) is 6.29 Å². The zero-order valence-electron chi connectivity index (χ0n) is 25.0. The van der Waals surface area contributed by atoms with E-state index in [-0.39, 0.29) is 24.4 Å². The van der Waals surface area contributed by atoms with Crippen LogP contribution in [-0.2, 0) is 19.1 Å². The summed E-state index contributed by atoms with van der Waals surface area (Å²) in [6.45, 7) is 14.9. The van der Waals surface area contributed by atoms with Crippen LogP contribution in [0.15, 0.2) is 36.0 Å². The van der Waals surface area contributed by atoms with E-state index < -0.39 is 5.97 Å². The van der Waals surface area contributed by atoms with Crippen LogP contribution in [-0.4, -0.2) is 35.4 Å². The molecule has 6 unspecified atom stereocenters. The van der Waals surface area contributed by atoms with E-state index >= 15 is 0 Å². The first-order valence-corrected chi connectivity index (χ1v) is 15.2.